The first kappa shape index (κ1) is 26.8. The van der Waals surface area contributed by atoms with Gasteiger partial charge in [-0.1, -0.05) is 109 Å². The monoisotopic (exact) mass is 576 g/mol. The fourth-order valence-electron chi connectivity index (χ4n) is 5.17. The largest absolute Gasteiger partial charge is 0.248 e. The summed E-state index contributed by atoms with van der Waals surface area (Å²) in [4.78, 5) is 0. The molecule has 0 atom stereocenters. The van der Waals surface area contributed by atoms with Gasteiger partial charge in [0.05, 0.1) is 0 Å². The molecule has 6 aromatic rings. The lowest BCUT2D eigenvalue weighted by atomic mass is 10.1. The van der Waals surface area contributed by atoms with Crippen molar-refractivity contribution >= 4 is 34.0 Å². The Labute approximate surface area is 243 Å². The molecule has 0 heterocycles. The van der Waals surface area contributed by atoms with Crippen LogP contribution in [0.25, 0.3) is 33.4 Å². The van der Waals surface area contributed by atoms with Crippen LogP contribution in [0.4, 0.5) is 13.2 Å². The van der Waals surface area contributed by atoms with Gasteiger partial charge >= 0.3 is 0 Å². The molecule has 0 bridgehead atoms. The summed E-state index contributed by atoms with van der Waals surface area (Å²) in [6, 6.07) is 43.6. The molecule has 6 rings (SSSR count). The summed E-state index contributed by atoms with van der Waals surface area (Å²) in [6.07, 6.45) is 0. The van der Waals surface area contributed by atoms with Gasteiger partial charge in [-0.25, -0.2) is 13.2 Å². The smallest absolute Gasteiger partial charge is 0.207 e. The molecular formula is C36H24ClF3Si. The third-order valence-electron chi connectivity index (χ3n) is 7.31. The Morgan fingerprint density at radius 3 is 0.878 bits per heavy atom. The van der Waals surface area contributed by atoms with Gasteiger partial charge in [0.15, 0.2) is 0 Å². The Morgan fingerprint density at radius 1 is 0.341 bits per heavy atom. The van der Waals surface area contributed by atoms with Crippen LogP contribution < -0.4 is 15.6 Å². The van der Waals surface area contributed by atoms with Gasteiger partial charge in [-0.2, -0.15) is 0 Å². The van der Waals surface area contributed by atoms with Gasteiger partial charge in [0, 0.05) is 0 Å². The van der Waals surface area contributed by atoms with E-state index in [-0.39, 0.29) is 17.5 Å². The molecule has 0 N–H and O–H groups in total. The number of rotatable bonds is 6. The molecule has 0 aliphatic carbocycles. The summed E-state index contributed by atoms with van der Waals surface area (Å²) in [5.74, 6) is -0.872. The standard InChI is InChI=1S/C36H24ClF3Si/c37-41(34-7-1-4-28(22-34)25-10-16-31(38)17-11-25,35-8-2-5-29(23-35)26-12-18-32(39)19-13-26)36-9-3-6-30(24-36)27-14-20-33(40)21-15-27/h1-24H. The van der Waals surface area contributed by atoms with Gasteiger partial charge in [-0.15, -0.1) is 11.1 Å². The Hall–Kier alpha value is -4.38. The predicted octanol–water partition coefficient (Wildman–Crippen LogP) is 8.31. The van der Waals surface area contributed by atoms with Crippen molar-refractivity contribution in [1.29, 1.82) is 0 Å². The summed E-state index contributed by atoms with van der Waals surface area (Å²) in [7, 11) is -3.15. The molecule has 0 nitrogen and oxygen atoms in total. The zero-order valence-electron chi connectivity index (χ0n) is 21.9. The maximum Gasteiger partial charge on any atom is 0.248 e. The van der Waals surface area contributed by atoms with Crippen molar-refractivity contribution in [3.8, 4) is 33.4 Å². The molecule has 0 saturated carbocycles. The molecule has 0 amide bonds. The first-order valence-corrected chi connectivity index (χ1v) is 16.2. The van der Waals surface area contributed by atoms with E-state index in [2.05, 4.69) is 18.2 Å². The highest BCUT2D eigenvalue weighted by Gasteiger charge is 2.38. The van der Waals surface area contributed by atoms with Crippen LogP contribution in [0, 0.1) is 17.5 Å². The van der Waals surface area contributed by atoms with Crippen molar-refractivity contribution in [2.45, 2.75) is 0 Å². The lowest BCUT2D eigenvalue weighted by Gasteiger charge is -2.28. The van der Waals surface area contributed by atoms with E-state index in [4.69, 9.17) is 11.1 Å². The average molecular weight is 577 g/mol. The molecule has 41 heavy (non-hydrogen) atoms. The molecule has 0 saturated heterocycles. The quantitative estimate of drug-likeness (QED) is 0.106. The Morgan fingerprint density at radius 2 is 0.610 bits per heavy atom. The third kappa shape index (κ3) is 5.49. The Balaban J connectivity index is 1.54. The van der Waals surface area contributed by atoms with Crippen LogP contribution in [0.5, 0.6) is 0 Å². The van der Waals surface area contributed by atoms with Crippen molar-refractivity contribution in [3.05, 3.63) is 163 Å². The van der Waals surface area contributed by atoms with Crippen LogP contribution in [0.2, 0.25) is 0 Å². The molecule has 6 aromatic carbocycles. The van der Waals surface area contributed by atoms with Crippen LogP contribution >= 0.6 is 11.1 Å². The lowest BCUT2D eigenvalue weighted by molar-refractivity contribution is 0.627. The highest BCUT2D eigenvalue weighted by atomic mass is 35.6. The van der Waals surface area contributed by atoms with E-state index in [0.29, 0.717) is 0 Å². The molecule has 0 unspecified atom stereocenters. The number of hydrogen-bond acceptors (Lipinski definition) is 0. The summed E-state index contributed by atoms with van der Waals surface area (Å²) in [5, 5.41) is 2.90. The van der Waals surface area contributed by atoms with Crippen LogP contribution in [-0.4, -0.2) is 7.38 Å². The van der Waals surface area contributed by atoms with Crippen LogP contribution in [0.3, 0.4) is 0 Å². The number of halogens is 4. The molecule has 0 aliphatic rings. The van der Waals surface area contributed by atoms with Crippen molar-refractivity contribution in [2.75, 3.05) is 0 Å². The Bertz CT molecular complexity index is 1600. The van der Waals surface area contributed by atoms with Crippen molar-refractivity contribution in [2.24, 2.45) is 0 Å². The minimum atomic E-state index is -3.15. The summed E-state index contributed by atoms with van der Waals surface area (Å²) in [6.45, 7) is 0. The van der Waals surface area contributed by atoms with Crippen molar-refractivity contribution < 1.29 is 13.2 Å². The zero-order chi connectivity index (χ0) is 28.4. The third-order valence-corrected chi connectivity index (χ3v) is 12.6. The molecule has 0 aliphatic heterocycles. The van der Waals surface area contributed by atoms with Gasteiger partial charge in [0.25, 0.3) is 0 Å². The van der Waals surface area contributed by atoms with E-state index in [9.17, 15) is 13.2 Å². The van der Waals surface area contributed by atoms with Gasteiger partial charge in [-0.05, 0) is 85.3 Å². The van der Waals surface area contributed by atoms with E-state index in [1.807, 2.05) is 54.6 Å². The zero-order valence-corrected chi connectivity index (χ0v) is 23.6. The summed E-state index contributed by atoms with van der Waals surface area (Å²) >= 11 is 7.93. The second kappa shape index (κ2) is 11.2. The first-order chi connectivity index (χ1) is 19.9. The van der Waals surface area contributed by atoms with Gasteiger partial charge in [0.1, 0.15) is 17.5 Å². The van der Waals surface area contributed by atoms with E-state index in [1.54, 1.807) is 36.4 Å². The van der Waals surface area contributed by atoms with Crippen LogP contribution in [-0.2, 0) is 0 Å². The predicted molar refractivity (Wildman–Crippen MR) is 166 cm³/mol. The summed E-state index contributed by atoms with van der Waals surface area (Å²) in [5.41, 5.74) is 5.47. The highest BCUT2D eigenvalue weighted by molar-refractivity contribution is 7.40. The normalized spacial score (nSPS) is 11.4. The van der Waals surface area contributed by atoms with E-state index >= 15 is 0 Å². The maximum atomic E-state index is 13.7. The van der Waals surface area contributed by atoms with E-state index in [0.717, 1.165) is 48.9 Å². The second-order valence-corrected chi connectivity index (χ2v) is 14.7. The molecule has 0 radical (unpaired) electrons. The molecule has 0 fully saturated rings. The fraction of sp³-hybridized carbons (Fsp3) is 0. The van der Waals surface area contributed by atoms with Crippen molar-refractivity contribution in [3.63, 3.8) is 0 Å². The van der Waals surface area contributed by atoms with Gasteiger partial charge in [0.2, 0.25) is 7.38 Å². The molecule has 0 spiro atoms. The van der Waals surface area contributed by atoms with Gasteiger partial charge < -0.3 is 0 Å². The van der Waals surface area contributed by atoms with E-state index < -0.39 is 7.38 Å². The number of benzene rings is 6. The highest BCUT2D eigenvalue weighted by Crippen LogP contribution is 2.25. The van der Waals surface area contributed by atoms with Gasteiger partial charge in [-0.3, -0.25) is 0 Å². The average Bonchev–Trinajstić information content (AvgIpc) is 3.02. The fourth-order valence-corrected chi connectivity index (χ4v) is 9.26. The first-order valence-electron chi connectivity index (χ1n) is 13.2. The minimum absolute atomic E-state index is 0.291. The summed E-state index contributed by atoms with van der Waals surface area (Å²) < 4.78 is 41.0. The SMILES string of the molecule is Fc1ccc(-c2cccc([Si](Cl)(c3cccc(-c4ccc(F)cc4)c3)c3cccc(-c4ccc(F)cc4)c3)c2)cc1. The van der Waals surface area contributed by atoms with E-state index in [1.165, 1.54) is 36.4 Å². The molecule has 200 valence electrons. The maximum absolute atomic E-state index is 13.7. The van der Waals surface area contributed by atoms with Crippen LogP contribution in [0.15, 0.2) is 146 Å². The Kier molecular flexibility index (Phi) is 7.35. The van der Waals surface area contributed by atoms with Crippen molar-refractivity contribution in [1.82, 2.24) is 0 Å². The topological polar surface area (TPSA) is 0 Å². The lowest BCUT2D eigenvalue weighted by Crippen LogP contribution is -2.63. The van der Waals surface area contributed by atoms with Crippen LogP contribution in [0.1, 0.15) is 0 Å². The second-order valence-electron chi connectivity index (χ2n) is 9.92. The minimum Gasteiger partial charge on any atom is -0.207 e. The molecule has 5 heteroatoms. The molecule has 0 aromatic heterocycles. The molecular weight excluding hydrogens is 553 g/mol. The number of hydrogen-bond donors (Lipinski definition) is 0.